The highest BCUT2D eigenvalue weighted by molar-refractivity contribution is 5.90. The molecule has 0 unspecified atom stereocenters. The Morgan fingerprint density at radius 3 is 2.16 bits per heavy atom. The fourth-order valence-corrected chi connectivity index (χ4v) is 2.92. The van der Waals surface area contributed by atoms with Gasteiger partial charge in [0.1, 0.15) is 6.61 Å². The molecule has 0 saturated heterocycles. The van der Waals surface area contributed by atoms with E-state index in [9.17, 15) is 4.79 Å². The van der Waals surface area contributed by atoms with Gasteiger partial charge >= 0.3 is 6.03 Å². The first-order chi connectivity index (χ1) is 15.5. The Kier molecular flexibility index (Phi) is 7.69. The number of methoxy groups -OCH3 is 3. The zero-order valence-electron chi connectivity index (χ0n) is 18.5. The Hall–Kier alpha value is -4.01. The van der Waals surface area contributed by atoms with E-state index in [4.69, 9.17) is 18.9 Å². The number of nitrogens with one attached hydrogen (secondary N) is 2. The number of aryl methyl sites for hydroxylation is 1. The second-order valence-corrected chi connectivity index (χ2v) is 6.77. The minimum absolute atomic E-state index is 0.237. The maximum atomic E-state index is 12.2. The molecule has 0 saturated carbocycles. The molecule has 0 spiro atoms. The lowest BCUT2D eigenvalue weighted by Crippen LogP contribution is -2.32. The molecule has 0 aliphatic rings. The number of hydrogen-bond donors (Lipinski definition) is 2. The summed E-state index contributed by atoms with van der Waals surface area (Å²) >= 11 is 0. The van der Waals surface area contributed by atoms with Crippen LogP contribution in [-0.2, 0) is 0 Å². The monoisotopic (exact) mass is 438 g/mol. The maximum absolute atomic E-state index is 12.2. The molecular weight excluding hydrogens is 412 g/mol. The van der Waals surface area contributed by atoms with E-state index in [0.29, 0.717) is 28.8 Å². The average molecular weight is 438 g/mol. The van der Waals surface area contributed by atoms with E-state index in [1.807, 2.05) is 37.3 Å². The van der Waals surface area contributed by atoms with Gasteiger partial charge in [-0.1, -0.05) is 29.8 Å². The van der Waals surface area contributed by atoms with Crippen molar-refractivity contribution in [3.05, 3.63) is 54.1 Å². The van der Waals surface area contributed by atoms with E-state index in [1.54, 1.807) is 18.2 Å². The van der Waals surface area contributed by atoms with Gasteiger partial charge in [0.05, 0.1) is 39.3 Å². The highest BCUT2D eigenvalue weighted by Gasteiger charge is 2.14. The first-order valence-electron chi connectivity index (χ1n) is 9.92. The summed E-state index contributed by atoms with van der Waals surface area (Å²) in [6.07, 6.45) is 0. The van der Waals surface area contributed by atoms with Gasteiger partial charge in [-0.15, -0.1) is 10.2 Å². The molecule has 2 N–H and O–H groups in total. The molecular formula is C23H26N4O5. The van der Waals surface area contributed by atoms with Crippen LogP contribution in [0.25, 0.3) is 11.3 Å². The molecule has 0 aliphatic carbocycles. The number of urea groups is 1. The van der Waals surface area contributed by atoms with Crippen molar-refractivity contribution in [2.45, 2.75) is 6.92 Å². The zero-order chi connectivity index (χ0) is 22.9. The van der Waals surface area contributed by atoms with E-state index >= 15 is 0 Å². The predicted octanol–water partition coefficient (Wildman–Crippen LogP) is 3.68. The summed E-state index contributed by atoms with van der Waals surface area (Å²) in [6.45, 7) is 2.55. The van der Waals surface area contributed by atoms with Crippen LogP contribution in [0, 0.1) is 6.92 Å². The van der Waals surface area contributed by atoms with Crippen LogP contribution >= 0.6 is 0 Å². The molecule has 9 heteroatoms. The van der Waals surface area contributed by atoms with Crippen molar-refractivity contribution in [1.82, 2.24) is 15.5 Å². The molecule has 0 aliphatic heterocycles. The number of rotatable bonds is 9. The Morgan fingerprint density at radius 2 is 1.59 bits per heavy atom. The second kappa shape index (κ2) is 10.9. The lowest BCUT2D eigenvalue weighted by molar-refractivity contribution is 0.246. The summed E-state index contributed by atoms with van der Waals surface area (Å²) in [4.78, 5) is 12.2. The van der Waals surface area contributed by atoms with Gasteiger partial charge in [0.25, 0.3) is 0 Å². The van der Waals surface area contributed by atoms with Crippen LogP contribution in [0.4, 0.5) is 10.5 Å². The number of amides is 2. The fraction of sp³-hybridized carbons (Fsp3) is 0.261. The van der Waals surface area contributed by atoms with Crippen molar-refractivity contribution >= 4 is 11.7 Å². The standard InChI is InChI=1S/C23H26N4O5/c1-15-5-7-16(8-6-15)18-9-10-21(27-26-18)32-12-11-24-23(28)25-17-13-19(29-2)22(31-4)20(14-17)30-3/h5-10,13-14H,11-12H2,1-4H3,(H2,24,25,28). The van der Waals surface area contributed by atoms with Crippen LogP contribution in [0.15, 0.2) is 48.5 Å². The number of ether oxygens (including phenoxy) is 4. The molecule has 3 aromatic rings. The first-order valence-corrected chi connectivity index (χ1v) is 9.92. The highest BCUT2D eigenvalue weighted by Crippen LogP contribution is 2.39. The molecule has 168 valence electrons. The SMILES string of the molecule is COc1cc(NC(=O)NCCOc2ccc(-c3ccc(C)cc3)nn2)cc(OC)c1OC. The van der Waals surface area contributed by atoms with Crippen LogP contribution in [0.3, 0.4) is 0 Å². The van der Waals surface area contributed by atoms with Gasteiger partial charge in [0, 0.05) is 23.8 Å². The predicted molar refractivity (Wildman–Crippen MR) is 121 cm³/mol. The topological polar surface area (TPSA) is 104 Å². The molecule has 2 aromatic carbocycles. The van der Waals surface area contributed by atoms with Gasteiger partial charge in [-0.25, -0.2) is 4.79 Å². The van der Waals surface area contributed by atoms with E-state index < -0.39 is 6.03 Å². The Balaban J connectivity index is 1.47. The number of anilines is 1. The lowest BCUT2D eigenvalue weighted by atomic mass is 10.1. The van der Waals surface area contributed by atoms with Crippen molar-refractivity contribution in [2.24, 2.45) is 0 Å². The third-order valence-electron chi connectivity index (χ3n) is 4.55. The largest absolute Gasteiger partial charge is 0.493 e. The molecule has 2 amide bonds. The Labute approximate surface area is 186 Å². The summed E-state index contributed by atoms with van der Waals surface area (Å²) in [6, 6.07) is 14.5. The van der Waals surface area contributed by atoms with Crippen LogP contribution < -0.4 is 29.6 Å². The smallest absolute Gasteiger partial charge is 0.319 e. The van der Waals surface area contributed by atoms with Gasteiger partial charge in [-0.2, -0.15) is 0 Å². The van der Waals surface area contributed by atoms with E-state index in [2.05, 4.69) is 20.8 Å². The molecule has 0 bridgehead atoms. The summed E-state index contributed by atoms with van der Waals surface area (Å²) < 4.78 is 21.4. The van der Waals surface area contributed by atoms with Crippen molar-refractivity contribution in [3.63, 3.8) is 0 Å². The van der Waals surface area contributed by atoms with Gasteiger partial charge in [0.15, 0.2) is 11.5 Å². The first kappa shape index (κ1) is 22.7. The lowest BCUT2D eigenvalue weighted by Gasteiger charge is -2.15. The fourth-order valence-electron chi connectivity index (χ4n) is 2.92. The molecule has 0 radical (unpaired) electrons. The van der Waals surface area contributed by atoms with Crippen molar-refractivity contribution in [2.75, 3.05) is 39.8 Å². The van der Waals surface area contributed by atoms with E-state index in [1.165, 1.54) is 26.9 Å². The van der Waals surface area contributed by atoms with E-state index in [-0.39, 0.29) is 13.2 Å². The van der Waals surface area contributed by atoms with Crippen LogP contribution in [0.1, 0.15) is 5.56 Å². The van der Waals surface area contributed by atoms with Gasteiger partial charge in [-0.3, -0.25) is 0 Å². The normalized spacial score (nSPS) is 10.2. The van der Waals surface area contributed by atoms with Crippen LogP contribution in [0.2, 0.25) is 0 Å². The number of carbonyl (C=O) groups excluding carboxylic acids is 1. The van der Waals surface area contributed by atoms with Crippen molar-refractivity contribution < 1.29 is 23.7 Å². The summed E-state index contributed by atoms with van der Waals surface area (Å²) in [5, 5.41) is 13.7. The van der Waals surface area contributed by atoms with Crippen molar-refractivity contribution in [3.8, 4) is 34.4 Å². The molecule has 0 fully saturated rings. The molecule has 1 aromatic heterocycles. The third kappa shape index (κ3) is 5.78. The quantitative estimate of drug-likeness (QED) is 0.491. The third-order valence-corrected chi connectivity index (χ3v) is 4.55. The summed E-state index contributed by atoms with van der Waals surface area (Å²) in [5.41, 5.74) is 3.43. The minimum atomic E-state index is -0.399. The van der Waals surface area contributed by atoms with Crippen LogP contribution in [-0.4, -0.2) is 50.7 Å². The van der Waals surface area contributed by atoms with E-state index in [0.717, 1.165) is 11.3 Å². The maximum Gasteiger partial charge on any atom is 0.319 e. The second-order valence-electron chi connectivity index (χ2n) is 6.77. The Morgan fingerprint density at radius 1 is 0.906 bits per heavy atom. The number of aromatic nitrogens is 2. The highest BCUT2D eigenvalue weighted by atomic mass is 16.5. The molecule has 3 rings (SSSR count). The number of carbonyl (C=O) groups is 1. The average Bonchev–Trinajstić information content (AvgIpc) is 2.82. The summed E-state index contributed by atoms with van der Waals surface area (Å²) in [7, 11) is 4.53. The van der Waals surface area contributed by atoms with Gasteiger partial charge in [-0.05, 0) is 13.0 Å². The summed E-state index contributed by atoms with van der Waals surface area (Å²) in [5.74, 6) is 1.72. The number of benzene rings is 2. The molecule has 0 atom stereocenters. The number of nitrogens with zero attached hydrogens (tertiary/aromatic N) is 2. The zero-order valence-corrected chi connectivity index (χ0v) is 18.5. The minimum Gasteiger partial charge on any atom is -0.493 e. The molecule has 1 heterocycles. The van der Waals surface area contributed by atoms with Gasteiger partial charge < -0.3 is 29.6 Å². The van der Waals surface area contributed by atoms with Crippen LogP contribution in [0.5, 0.6) is 23.1 Å². The Bertz CT molecular complexity index is 1010. The van der Waals surface area contributed by atoms with Crippen molar-refractivity contribution in [1.29, 1.82) is 0 Å². The molecule has 32 heavy (non-hydrogen) atoms. The molecule has 9 nitrogen and oxygen atoms in total. The van der Waals surface area contributed by atoms with Gasteiger partial charge in [0.2, 0.25) is 11.6 Å². The number of hydrogen-bond acceptors (Lipinski definition) is 7.